The summed E-state index contributed by atoms with van der Waals surface area (Å²) in [6.07, 6.45) is 6.17. The summed E-state index contributed by atoms with van der Waals surface area (Å²) < 4.78 is 0. The monoisotopic (exact) mass is 187 g/mol. The minimum Gasteiger partial charge on any atom is -0.285 e. The van der Waals surface area contributed by atoms with Crippen molar-refractivity contribution in [3.05, 3.63) is 34.8 Å². The van der Waals surface area contributed by atoms with Crippen molar-refractivity contribution in [3.8, 4) is 0 Å². The van der Waals surface area contributed by atoms with Crippen molar-refractivity contribution in [2.75, 3.05) is 6.54 Å². The number of para-hydroxylation sites is 1. The van der Waals surface area contributed by atoms with Crippen LogP contribution in [0.2, 0.25) is 0 Å². The van der Waals surface area contributed by atoms with E-state index in [-0.39, 0.29) is 0 Å². The van der Waals surface area contributed by atoms with E-state index in [1.54, 1.807) is 0 Å². The summed E-state index contributed by atoms with van der Waals surface area (Å²) in [6.45, 7) is 3.24. The fraction of sp³-hybridized carbons (Fsp3) is 0.462. The maximum absolute atomic E-state index is 4.59. The van der Waals surface area contributed by atoms with Crippen LogP contribution in [0.4, 0.5) is 0 Å². The van der Waals surface area contributed by atoms with Crippen LogP contribution in [0.3, 0.4) is 0 Å². The maximum atomic E-state index is 4.59. The fourth-order valence-electron chi connectivity index (χ4n) is 2.06. The summed E-state index contributed by atoms with van der Waals surface area (Å²) in [5.74, 6) is 0.729. The highest BCUT2D eigenvalue weighted by molar-refractivity contribution is 5.27. The molecule has 0 aromatic heterocycles. The highest BCUT2D eigenvalue weighted by atomic mass is 14.7. The Bertz CT molecular complexity index is 405. The molecule has 1 aromatic rings. The third-order valence-corrected chi connectivity index (χ3v) is 2.79. The highest BCUT2D eigenvalue weighted by Gasteiger charge is 2.05. The summed E-state index contributed by atoms with van der Waals surface area (Å²) in [6, 6.07) is 8.45. The van der Waals surface area contributed by atoms with Gasteiger partial charge in [-0.1, -0.05) is 37.6 Å². The van der Waals surface area contributed by atoms with Crippen LogP contribution in [-0.2, 0) is 0 Å². The molecule has 1 unspecified atom stereocenters. The minimum atomic E-state index is 0.729. The van der Waals surface area contributed by atoms with Crippen molar-refractivity contribution in [1.82, 2.24) is 0 Å². The molecule has 0 radical (unpaired) electrons. The predicted molar refractivity (Wildman–Crippen MR) is 59.6 cm³/mol. The first-order valence-corrected chi connectivity index (χ1v) is 5.51. The lowest BCUT2D eigenvalue weighted by Gasteiger charge is -2.07. The minimum absolute atomic E-state index is 0.729. The van der Waals surface area contributed by atoms with Crippen LogP contribution in [0, 0.1) is 5.92 Å². The van der Waals surface area contributed by atoms with Crippen LogP contribution < -0.4 is 10.6 Å². The summed E-state index contributed by atoms with van der Waals surface area (Å²) >= 11 is 0. The second-order valence-corrected chi connectivity index (χ2v) is 3.94. The first-order valence-electron chi connectivity index (χ1n) is 5.51. The molecule has 1 aliphatic heterocycles. The fourth-order valence-corrected chi connectivity index (χ4v) is 2.06. The van der Waals surface area contributed by atoms with Crippen molar-refractivity contribution in [2.45, 2.75) is 26.2 Å². The van der Waals surface area contributed by atoms with Crippen molar-refractivity contribution in [1.29, 1.82) is 0 Å². The zero-order chi connectivity index (χ0) is 9.80. The third kappa shape index (κ3) is 2.03. The van der Waals surface area contributed by atoms with Gasteiger partial charge in [0.1, 0.15) is 0 Å². The van der Waals surface area contributed by atoms with Crippen molar-refractivity contribution in [2.24, 2.45) is 10.9 Å². The van der Waals surface area contributed by atoms with Gasteiger partial charge in [0.15, 0.2) is 0 Å². The second kappa shape index (κ2) is 4.41. The molecule has 0 saturated heterocycles. The van der Waals surface area contributed by atoms with E-state index in [1.165, 1.54) is 29.8 Å². The van der Waals surface area contributed by atoms with Crippen LogP contribution >= 0.6 is 0 Å². The lowest BCUT2D eigenvalue weighted by Crippen LogP contribution is -2.23. The summed E-state index contributed by atoms with van der Waals surface area (Å²) in [7, 11) is 0. The molecule has 1 heterocycles. The molecule has 0 aliphatic carbocycles. The molecule has 14 heavy (non-hydrogen) atoms. The van der Waals surface area contributed by atoms with Gasteiger partial charge in [0, 0.05) is 6.54 Å². The molecule has 1 aliphatic rings. The summed E-state index contributed by atoms with van der Waals surface area (Å²) in [4.78, 5) is 4.59. The smallest absolute Gasteiger partial charge is 0.0643 e. The normalized spacial score (nSPS) is 20.2. The van der Waals surface area contributed by atoms with E-state index in [2.05, 4.69) is 42.3 Å². The number of hydrogen-bond acceptors (Lipinski definition) is 1. The number of hydrogen-bond donors (Lipinski definition) is 0. The van der Waals surface area contributed by atoms with Gasteiger partial charge >= 0.3 is 0 Å². The zero-order valence-corrected chi connectivity index (χ0v) is 8.74. The summed E-state index contributed by atoms with van der Waals surface area (Å²) in [5.41, 5.74) is 0. The van der Waals surface area contributed by atoms with E-state index >= 15 is 0 Å². The molecule has 0 bridgehead atoms. The first-order chi connectivity index (χ1) is 6.90. The Morgan fingerprint density at radius 3 is 3.07 bits per heavy atom. The van der Waals surface area contributed by atoms with E-state index in [0.717, 1.165) is 12.5 Å². The standard InChI is InChI=1S/C13H17N/c1-2-5-11-8-9-14-13-7-4-3-6-12(13)10-11/h3-4,6-7,10-11H,2,5,8-9H2,1H3. The quantitative estimate of drug-likeness (QED) is 0.670. The van der Waals surface area contributed by atoms with Gasteiger partial charge < -0.3 is 0 Å². The molecule has 2 rings (SSSR count). The topological polar surface area (TPSA) is 12.4 Å². The molecular weight excluding hydrogens is 170 g/mol. The predicted octanol–water partition coefficient (Wildman–Crippen LogP) is 1.91. The largest absolute Gasteiger partial charge is 0.285 e. The van der Waals surface area contributed by atoms with Crippen LogP contribution in [0.5, 0.6) is 0 Å². The van der Waals surface area contributed by atoms with Gasteiger partial charge in [0.05, 0.1) is 5.36 Å². The van der Waals surface area contributed by atoms with Crippen molar-refractivity contribution >= 4 is 6.08 Å². The van der Waals surface area contributed by atoms with Gasteiger partial charge in [-0.05, 0) is 30.0 Å². The molecule has 0 saturated carbocycles. The molecule has 1 heteroatoms. The van der Waals surface area contributed by atoms with E-state index in [0.29, 0.717) is 0 Å². The molecule has 1 aromatic carbocycles. The Morgan fingerprint density at radius 1 is 1.36 bits per heavy atom. The summed E-state index contributed by atoms with van der Waals surface area (Å²) in [5, 5.41) is 2.49. The highest BCUT2D eigenvalue weighted by Crippen LogP contribution is 2.13. The average Bonchev–Trinajstić information content (AvgIpc) is 2.40. The van der Waals surface area contributed by atoms with Gasteiger partial charge in [0.25, 0.3) is 0 Å². The Labute approximate surface area is 85.2 Å². The van der Waals surface area contributed by atoms with Crippen LogP contribution in [-0.4, -0.2) is 6.54 Å². The SMILES string of the molecule is CCCC1C=c2ccccc2=NCC1. The second-order valence-electron chi connectivity index (χ2n) is 3.94. The number of fused-ring (bicyclic) bond motifs is 1. The Balaban J connectivity index is 2.41. The number of rotatable bonds is 2. The van der Waals surface area contributed by atoms with E-state index in [1.807, 2.05) is 0 Å². The van der Waals surface area contributed by atoms with E-state index in [9.17, 15) is 0 Å². The van der Waals surface area contributed by atoms with Gasteiger partial charge in [0.2, 0.25) is 0 Å². The van der Waals surface area contributed by atoms with Gasteiger partial charge in [-0.2, -0.15) is 0 Å². The molecular formula is C13H17N. The molecule has 0 spiro atoms. The Morgan fingerprint density at radius 2 is 2.21 bits per heavy atom. The van der Waals surface area contributed by atoms with Crippen molar-refractivity contribution in [3.63, 3.8) is 0 Å². The van der Waals surface area contributed by atoms with E-state index in [4.69, 9.17) is 0 Å². The molecule has 0 fully saturated rings. The maximum Gasteiger partial charge on any atom is 0.0643 e. The van der Waals surface area contributed by atoms with E-state index < -0.39 is 0 Å². The number of benzene rings is 1. The first kappa shape index (κ1) is 9.45. The Kier molecular flexibility index (Phi) is 2.97. The Hall–Kier alpha value is -1.11. The zero-order valence-electron chi connectivity index (χ0n) is 8.74. The van der Waals surface area contributed by atoms with Gasteiger partial charge in [-0.15, -0.1) is 0 Å². The van der Waals surface area contributed by atoms with Gasteiger partial charge in [-0.25, -0.2) is 0 Å². The molecule has 1 atom stereocenters. The third-order valence-electron chi connectivity index (χ3n) is 2.79. The van der Waals surface area contributed by atoms with Crippen LogP contribution in [0.1, 0.15) is 26.2 Å². The molecule has 74 valence electrons. The molecule has 1 nitrogen and oxygen atoms in total. The lowest BCUT2D eigenvalue weighted by atomic mass is 9.99. The van der Waals surface area contributed by atoms with Crippen LogP contribution in [0.25, 0.3) is 6.08 Å². The van der Waals surface area contributed by atoms with Gasteiger partial charge in [-0.3, -0.25) is 4.99 Å². The van der Waals surface area contributed by atoms with Crippen LogP contribution in [0.15, 0.2) is 29.3 Å². The molecule has 0 amide bonds. The number of nitrogens with zero attached hydrogens (tertiary/aromatic N) is 1. The average molecular weight is 187 g/mol. The molecule has 0 N–H and O–H groups in total. The lowest BCUT2D eigenvalue weighted by molar-refractivity contribution is 0.572. The van der Waals surface area contributed by atoms with Crippen molar-refractivity contribution < 1.29 is 0 Å².